The van der Waals surface area contributed by atoms with E-state index in [1.807, 2.05) is 12.5 Å². The summed E-state index contributed by atoms with van der Waals surface area (Å²) in [6, 6.07) is 0. The van der Waals surface area contributed by atoms with Crippen molar-refractivity contribution in [1.29, 1.82) is 0 Å². The van der Waals surface area contributed by atoms with E-state index in [9.17, 15) is 0 Å². The molecule has 1 atom stereocenters. The molecule has 0 aliphatic carbocycles. The summed E-state index contributed by atoms with van der Waals surface area (Å²) in [4.78, 5) is 0. The second-order valence-electron chi connectivity index (χ2n) is 3.83. The molecule has 2 heteroatoms. The van der Waals surface area contributed by atoms with Gasteiger partial charge >= 0.3 is 0 Å². The van der Waals surface area contributed by atoms with Crippen LogP contribution in [0.2, 0.25) is 0 Å². The van der Waals surface area contributed by atoms with Crippen LogP contribution in [0.3, 0.4) is 0 Å². The third kappa shape index (κ3) is 1.07. The molecular formula is C10H15NO. The van der Waals surface area contributed by atoms with Crippen molar-refractivity contribution < 1.29 is 4.42 Å². The van der Waals surface area contributed by atoms with Crippen molar-refractivity contribution >= 4 is 0 Å². The lowest BCUT2D eigenvalue weighted by atomic mass is 9.90. The van der Waals surface area contributed by atoms with Crippen molar-refractivity contribution in [1.82, 2.24) is 5.32 Å². The third-order valence-electron chi connectivity index (χ3n) is 2.82. The van der Waals surface area contributed by atoms with Gasteiger partial charge in [0.2, 0.25) is 0 Å². The Morgan fingerprint density at radius 3 is 2.83 bits per heavy atom. The number of aryl methyl sites for hydroxylation is 1. The Morgan fingerprint density at radius 2 is 2.33 bits per heavy atom. The first-order valence-corrected chi connectivity index (χ1v) is 4.51. The molecule has 2 rings (SSSR count). The van der Waals surface area contributed by atoms with Gasteiger partial charge in [-0.3, -0.25) is 0 Å². The highest BCUT2D eigenvalue weighted by Crippen LogP contribution is 2.32. The van der Waals surface area contributed by atoms with Crippen LogP contribution in [-0.2, 0) is 5.54 Å². The standard InChI is InChI=1S/C10H15NO/c1-8-6-12-7-9(8)10(2)4-3-5-11-10/h6-7,11H,3-5H2,1-2H3. The van der Waals surface area contributed by atoms with Crippen molar-refractivity contribution in [3.05, 3.63) is 23.7 Å². The summed E-state index contributed by atoms with van der Waals surface area (Å²) in [5.74, 6) is 0. The average Bonchev–Trinajstić information content (AvgIpc) is 2.59. The van der Waals surface area contributed by atoms with E-state index < -0.39 is 0 Å². The summed E-state index contributed by atoms with van der Waals surface area (Å²) in [5.41, 5.74) is 2.74. The highest BCUT2D eigenvalue weighted by molar-refractivity contribution is 5.28. The molecule has 0 amide bonds. The lowest BCUT2D eigenvalue weighted by molar-refractivity contribution is 0.426. The number of nitrogens with one attached hydrogen (secondary N) is 1. The maximum atomic E-state index is 5.18. The molecule has 0 radical (unpaired) electrons. The van der Waals surface area contributed by atoms with Crippen LogP contribution in [-0.4, -0.2) is 6.54 Å². The molecule has 1 fully saturated rings. The SMILES string of the molecule is Cc1cocc1C1(C)CCCN1. The zero-order valence-electron chi connectivity index (χ0n) is 7.68. The monoisotopic (exact) mass is 165 g/mol. The Labute approximate surface area is 73.0 Å². The van der Waals surface area contributed by atoms with E-state index in [1.165, 1.54) is 24.0 Å². The molecule has 1 unspecified atom stereocenters. The van der Waals surface area contributed by atoms with E-state index in [0.717, 1.165) is 6.54 Å². The lowest BCUT2D eigenvalue weighted by Gasteiger charge is -2.23. The topological polar surface area (TPSA) is 25.2 Å². The first kappa shape index (κ1) is 7.87. The van der Waals surface area contributed by atoms with Gasteiger partial charge in [0.1, 0.15) is 0 Å². The quantitative estimate of drug-likeness (QED) is 0.690. The first-order valence-electron chi connectivity index (χ1n) is 4.51. The summed E-state index contributed by atoms with van der Waals surface area (Å²) in [5, 5.41) is 3.52. The van der Waals surface area contributed by atoms with Crippen molar-refractivity contribution in [2.75, 3.05) is 6.54 Å². The summed E-state index contributed by atoms with van der Waals surface area (Å²) in [6.07, 6.45) is 6.17. The van der Waals surface area contributed by atoms with E-state index in [4.69, 9.17) is 4.42 Å². The van der Waals surface area contributed by atoms with Crippen LogP contribution in [0.15, 0.2) is 16.9 Å². The van der Waals surface area contributed by atoms with E-state index in [1.54, 1.807) is 0 Å². The Kier molecular flexibility index (Phi) is 1.72. The van der Waals surface area contributed by atoms with Crippen molar-refractivity contribution in [3.8, 4) is 0 Å². The van der Waals surface area contributed by atoms with E-state index in [2.05, 4.69) is 19.2 Å². The van der Waals surface area contributed by atoms with E-state index in [-0.39, 0.29) is 5.54 Å². The molecule has 12 heavy (non-hydrogen) atoms. The minimum atomic E-state index is 0.164. The molecule has 0 saturated carbocycles. The second kappa shape index (κ2) is 2.63. The van der Waals surface area contributed by atoms with Gasteiger partial charge in [0.25, 0.3) is 0 Å². The molecule has 1 aromatic rings. The zero-order valence-corrected chi connectivity index (χ0v) is 7.68. The fraction of sp³-hybridized carbons (Fsp3) is 0.600. The van der Waals surface area contributed by atoms with E-state index >= 15 is 0 Å². The van der Waals surface area contributed by atoms with Crippen molar-refractivity contribution in [3.63, 3.8) is 0 Å². The summed E-state index contributed by atoms with van der Waals surface area (Å²) < 4.78 is 5.18. The molecule has 1 aliphatic heterocycles. The van der Waals surface area contributed by atoms with Crippen LogP contribution in [0.5, 0.6) is 0 Å². The van der Waals surface area contributed by atoms with Crippen LogP contribution >= 0.6 is 0 Å². The fourth-order valence-corrected chi connectivity index (χ4v) is 2.05. The van der Waals surface area contributed by atoms with Crippen LogP contribution in [0.4, 0.5) is 0 Å². The predicted octanol–water partition coefficient (Wildman–Crippen LogP) is 2.19. The normalized spacial score (nSPS) is 29.5. The maximum Gasteiger partial charge on any atom is 0.0955 e. The molecular weight excluding hydrogens is 150 g/mol. The Hall–Kier alpha value is -0.760. The number of hydrogen-bond donors (Lipinski definition) is 1. The molecule has 1 aromatic heterocycles. The molecule has 0 bridgehead atoms. The van der Waals surface area contributed by atoms with Gasteiger partial charge in [-0.25, -0.2) is 0 Å². The molecule has 1 aliphatic rings. The minimum absolute atomic E-state index is 0.164. The molecule has 2 nitrogen and oxygen atoms in total. The highest BCUT2D eigenvalue weighted by atomic mass is 16.3. The molecule has 0 aromatic carbocycles. The molecule has 66 valence electrons. The largest absolute Gasteiger partial charge is 0.472 e. The van der Waals surface area contributed by atoms with Crippen molar-refractivity contribution in [2.24, 2.45) is 0 Å². The van der Waals surface area contributed by atoms with Gasteiger partial charge in [0, 0.05) is 11.1 Å². The lowest BCUT2D eigenvalue weighted by Crippen LogP contribution is -2.33. The summed E-state index contributed by atoms with van der Waals surface area (Å²) in [7, 11) is 0. The maximum absolute atomic E-state index is 5.18. The van der Waals surface area contributed by atoms with Crippen LogP contribution < -0.4 is 5.32 Å². The number of hydrogen-bond acceptors (Lipinski definition) is 2. The van der Waals surface area contributed by atoms with Gasteiger partial charge in [-0.15, -0.1) is 0 Å². The highest BCUT2D eigenvalue weighted by Gasteiger charge is 2.32. The van der Waals surface area contributed by atoms with Gasteiger partial charge in [0.15, 0.2) is 0 Å². The van der Waals surface area contributed by atoms with Crippen molar-refractivity contribution in [2.45, 2.75) is 32.2 Å². The van der Waals surface area contributed by atoms with Gasteiger partial charge in [-0.2, -0.15) is 0 Å². The van der Waals surface area contributed by atoms with Crippen LogP contribution in [0.25, 0.3) is 0 Å². The average molecular weight is 165 g/mol. The van der Waals surface area contributed by atoms with Gasteiger partial charge in [-0.05, 0) is 38.8 Å². The van der Waals surface area contributed by atoms with Gasteiger partial charge < -0.3 is 9.73 Å². The minimum Gasteiger partial charge on any atom is -0.472 e. The van der Waals surface area contributed by atoms with E-state index in [0.29, 0.717) is 0 Å². The zero-order chi connectivity index (χ0) is 8.60. The van der Waals surface area contributed by atoms with Gasteiger partial charge in [0.05, 0.1) is 12.5 Å². The number of furan rings is 1. The Morgan fingerprint density at radius 1 is 1.50 bits per heavy atom. The molecule has 2 heterocycles. The molecule has 1 N–H and O–H groups in total. The summed E-state index contributed by atoms with van der Waals surface area (Å²) in [6.45, 7) is 5.48. The van der Waals surface area contributed by atoms with Crippen LogP contribution in [0, 0.1) is 6.92 Å². The molecule has 1 saturated heterocycles. The fourth-order valence-electron chi connectivity index (χ4n) is 2.05. The smallest absolute Gasteiger partial charge is 0.0955 e. The first-order chi connectivity index (χ1) is 5.72. The Bertz CT molecular complexity index is 271. The number of rotatable bonds is 1. The summed E-state index contributed by atoms with van der Waals surface area (Å²) >= 11 is 0. The second-order valence-corrected chi connectivity index (χ2v) is 3.83. The molecule has 0 spiro atoms. The van der Waals surface area contributed by atoms with Gasteiger partial charge in [-0.1, -0.05) is 0 Å². The predicted molar refractivity (Wildman–Crippen MR) is 48.0 cm³/mol. The Balaban J connectivity index is 2.34. The van der Waals surface area contributed by atoms with Crippen LogP contribution in [0.1, 0.15) is 30.9 Å². The third-order valence-corrected chi connectivity index (χ3v) is 2.82.